The lowest BCUT2D eigenvalue weighted by Gasteiger charge is -2.27. The molecule has 13 heteroatoms. The summed E-state index contributed by atoms with van der Waals surface area (Å²) >= 11 is 0. The molecule has 6 rings (SSSR count). The van der Waals surface area contributed by atoms with E-state index >= 15 is 0 Å². The average molecular weight is 610 g/mol. The summed E-state index contributed by atoms with van der Waals surface area (Å²) in [6.45, 7) is 4.40. The van der Waals surface area contributed by atoms with E-state index in [1.54, 1.807) is 24.3 Å². The fourth-order valence-corrected chi connectivity index (χ4v) is 8.84. The van der Waals surface area contributed by atoms with Gasteiger partial charge in [-0.1, -0.05) is 32.0 Å². The van der Waals surface area contributed by atoms with Gasteiger partial charge in [-0.3, -0.25) is 19.7 Å². The molecule has 228 valence electrons. The molecule has 0 radical (unpaired) electrons. The van der Waals surface area contributed by atoms with Gasteiger partial charge in [0.1, 0.15) is 11.8 Å². The number of amides is 2. The fourth-order valence-electron chi connectivity index (χ4n) is 7.19. The van der Waals surface area contributed by atoms with E-state index in [0.29, 0.717) is 34.4 Å². The normalized spacial score (nSPS) is 24.7. The summed E-state index contributed by atoms with van der Waals surface area (Å²) in [6.07, 6.45) is 1.51. The van der Waals surface area contributed by atoms with E-state index in [-0.39, 0.29) is 35.9 Å². The molecule has 2 amide bonds. The number of nitrogens with one attached hydrogen (secondary N) is 4. The van der Waals surface area contributed by atoms with Crippen LogP contribution in [0, 0.1) is 23.2 Å². The Morgan fingerprint density at radius 3 is 2.67 bits per heavy atom. The van der Waals surface area contributed by atoms with Crippen LogP contribution in [-0.2, 0) is 30.8 Å². The van der Waals surface area contributed by atoms with Crippen LogP contribution < -0.4 is 20.1 Å². The van der Waals surface area contributed by atoms with Crippen molar-refractivity contribution in [1.29, 1.82) is 0 Å². The number of aromatic nitrogens is 2. The van der Waals surface area contributed by atoms with Gasteiger partial charge in [-0.05, 0) is 78.7 Å². The number of nitrogens with zero attached hydrogens (tertiary/aromatic N) is 1. The van der Waals surface area contributed by atoms with Crippen molar-refractivity contribution in [1.82, 2.24) is 14.7 Å². The molecule has 5 N–H and O–H groups in total. The van der Waals surface area contributed by atoms with Gasteiger partial charge in [-0.25, -0.2) is 18.1 Å². The maximum absolute atomic E-state index is 13.0. The first-order valence-electron chi connectivity index (χ1n) is 14.5. The number of ether oxygens (including phenoxy) is 1. The first-order valence-corrected chi connectivity index (χ1v) is 16.1. The summed E-state index contributed by atoms with van der Waals surface area (Å²) in [4.78, 5) is 44.7. The van der Waals surface area contributed by atoms with Crippen LogP contribution in [0.1, 0.15) is 45.1 Å². The van der Waals surface area contributed by atoms with Crippen LogP contribution in [0.3, 0.4) is 0 Å². The van der Waals surface area contributed by atoms with Crippen LogP contribution in [0.5, 0.6) is 5.75 Å². The number of aromatic amines is 1. The number of hydrogen-bond donors (Lipinski definition) is 5. The van der Waals surface area contributed by atoms with Crippen molar-refractivity contribution >= 4 is 50.5 Å². The number of sulfonamides is 1. The second-order valence-electron chi connectivity index (χ2n) is 12.5. The molecular formula is C30H35N5O7S. The quantitative estimate of drug-likeness (QED) is 0.232. The summed E-state index contributed by atoms with van der Waals surface area (Å²) < 4.78 is 34.3. The number of aliphatic carboxylic acids is 1. The Balaban J connectivity index is 1.07. The van der Waals surface area contributed by atoms with E-state index in [0.717, 1.165) is 24.8 Å². The van der Waals surface area contributed by atoms with Crippen molar-refractivity contribution in [2.45, 2.75) is 58.1 Å². The van der Waals surface area contributed by atoms with Crippen molar-refractivity contribution in [3.63, 3.8) is 0 Å². The molecule has 3 aromatic rings. The van der Waals surface area contributed by atoms with Crippen molar-refractivity contribution in [2.24, 2.45) is 23.2 Å². The van der Waals surface area contributed by atoms with Gasteiger partial charge in [0.2, 0.25) is 21.9 Å². The van der Waals surface area contributed by atoms with Gasteiger partial charge in [-0.2, -0.15) is 0 Å². The van der Waals surface area contributed by atoms with Crippen molar-refractivity contribution in [3.05, 3.63) is 48.0 Å². The van der Waals surface area contributed by atoms with Gasteiger partial charge in [0, 0.05) is 0 Å². The molecule has 1 aromatic heterocycles. The summed E-state index contributed by atoms with van der Waals surface area (Å²) in [6, 6.07) is 10.7. The molecule has 0 spiro atoms. The van der Waals surface area contributed by atoms with Crippen LogP contribution >= 0.6 is 0 Å². The molecule has 2 saturated carbocycles. The maximum Gasteiger partial charge on any atom is 0.322 e. The molecule has 1 aliphatic heterocycles. The number of rotatable bonds is 10. The molecule has 5 atom stereocenters. The molecular weight excluding hydrogens is 574 g/mol. The minimum absolute atomic E-state index is 0.0190. The van der Waals surface area contributed by atoms with E-state index < -0.39 is 40.0 Å². The Morgan fingerprint density at radius 2 is 1.98 bits per heavy atom. The number of carboxylic acid groups (broad SMARTS) is 1. The number of fused-ring (bicyclic) bond motifs is 4. The van der Waals surface area contributed by atoms with E-state index in [9.17, 15) is 27.9 Å². The number of imidazole rings is 1. The number of para-hydroxylation sites is 2. The number of hydrogen-bond acceptors (Lipinski definition) is 7. The van der Waals surface area contributed by atoms with Crippen molar-refractivity contribution < 1.29 is 32.6 Å². The third kappa shape index (κ3) is 5.96. The highest BCUT2D eigenvalue weighted by atomic mass is 32.2. The number of anilines is 2. The predicted molar refractivity (Wildman–Crippen MR) is 159 cm³/mol. The zero-order valence-electron chi connectivity index (χ0n) is 23.9. The smallest absolute Gasteiger partial charge is 0.322 e. The van der Waals surface area contributed by atoms with Gasteiger partial charge in [0.25, 0.3) is 5.91 Å². The van der Waals surface area contributed by atoms with Crippen molar-refractivity contribution in [2.75, 3.05) is 16.4 Å². The SMILES string of the molecule is CC1(C)C2CCC1C(CS(=O)(=O)NC(Cc1ccc3c(c1)NC(=O)C(CC(=O)Nc1nc4ccccc4[nH]1)O3)C(=O)O)C2. The van der Waals surface area contributed by atoms with Gasteiger partial charge in [0.15, 0.2) is 6.10 Å². The highest BCUT2D eigenvalue weighted by Crippen LogP contribution is 2.60. The highest BCUT2D eigenvalue weighted by molar-refractivity contribution is 7.89. The Morgan fingerprint density at radius 1 is 1.19 bits per heavy atom. The zero-order chi connectivity index (χ0) is 30.5. The van der Waals surface area contributed by atoms with Gasteiger partial charge in [0.05, 0.1) is 28.9 Å². The van der Waals surface area contributed by atoms with Gasteiger partial charge >= 0.3 is 5.97 Å². The second-order valence-corrected chi connectivity index (χ2v) is 14.3. The summed E-state index contributed by atoms with van der Waals surface area (Å²) in [5.41, 5.74) is 2.38. The zero-order valence-corrected chi connectivity index (χ0v) is 24.7. The molecule has 43 heavy (non-hydrogen) atoms. The van der Waals surface area contributed by atoms with Gasteiger partial charge in [-0.15, -0.1) is 0 Å². The molecule has 2 aliphatic carbocycles. The number of H-pyrrole nitrogens is 1. The molecule has 12 nitrogen and oxygen atoms in total. The summed E-state index contributed by atoms with van der Waals surface area (Å²) in [7, 11) is -3.85. The van der Waals surface area contributed by atoms with Crippen molar-refractivity contribution in [3.8, 4) is 5.75 Å². The third-order valence-corrected chi connectivity index (χ3v) is 10.9. The minimum atomic E-state index is -3.85. The minimum Gasteiger partial charge on any atom is -0.480 e. The standard InChI is InChI=1S/C30H35N5O7S/c1-30(2)18-8-9-19(30)17(13-18)15-43(40,41)35-23(28(38)39)12-16-7-10-24-22(11-16)31-27(37)25(42-24)14-26(36)34-29-32-20-5-3-4-6-21(20)33-29/h3-7,10-11,17-19,23,25,35H,8-9,12-15H2,1-2H3,(H,31,37)(H,38,39)(H2,32,33,34,36). The Kier molecular flexibility index (Phi) is 7.41. The third-order valence-electron chi connectivity index (χ3n) is 9.37. The topological polar surface area (TPSA) is 180 Å². The molecule has 2 heterocycles. The Hall–Kier alpha value is -3.97. The lowest BCUT2D eigenvalue weighted by atomic mass is 9.80. The summed E-state index contributed by atoms with van der Waals surface area (Å²) in [5.74, 6) is -0.949. The van der Waals surface area contributed by atoms with Crippen LogP contribution in [0.25, 0.3) is 11.0 Å². The molecule has 0 saturated heterocycles. The first kappa shape index (κ1) is 29.1. The monoisotopic (exact) mass is 609 g/mol. The molecule has 2 aromatic carbocycles. The van der Waals surface area contributed by atoms with Gasteiger partial charge < -0.3 is 20.1 Å². The maximum atomic E-state index is 13.0. The molecule has 5 unspecified atom stereocenters. The highest BCUT2D eigenvalue weighted by Gasteiger charge is 2.54. The van der Waals surface area contributed by atoms with E-state index in [1.165, 1.54) is 0 Å². The number of benzene rings is 2. The fraction of sp³-hybridized carbons (Fsp3) is 0.467. The largest absolute Gasteiger partial charge is 0.480 e. The van der Waals surface area contributed by atoms with Crippen LogP contribution in [0.4, 0.5) is 11.6 Å². The molecule has 2 bridgehead atoms. The van der Waals surface area contributed by atoms with Crippen LogP contribution in [-0.4, -0.2) is 59.2 Å². The Bertz CT molecular complexity index is 1670. The number of carbonyl (C=O) groups is 3. The van der Waals surface area contributed by atoms with Crippen LogP contribution in [0.15, 0.2) is 42.5 Å². The van der Waals surface area contributed by atoms with E-state index in [1.807, 2.05) is 18.2 Å². The molecule has 2 fully saturated rings. The first-order chi connectivity index (χ1) is 20.4. The lowest BCUT2D eigenvalue weighted by molar-refractivity contribution is -0.139. The number of carbonyl (C=O) groups excluding carboxylic acids is 2. The predicted octanol–water partition coefficient (Wildman–Crippen LogP) is 3.28. The lowest BCUT2D eigenvalue weighted by Crippen LogP contribution is -2.44. The number of carboxylic acids is 1. The summed E-state index contributed by atoms with van der Waals surface area (Å²) in [5, 5.41) is 15.2. The average Bonchev–Trinajstić information content (AvgIpc) is 3.54. The molecule has 3 aliphatic rings. The Labute approximate surface area is 249 Å². The van der Waals surface area contributed by atoms with Crippen LogP contribution in [0.2, 0.25) is 0 Å². The second kappa shape index (κ2) is 10.9. The van der Waals surface area contributed by atoms with E-state index in [4.69, 9.17) is 4.74 Å². The van der Waals surface area contributed by atoms with E-state index in [2.05, 4.69) is 39.2 Å².